The van der Waals surface area contributed by atoms with Crippen molar-refractivity contribution in [1.29, 1.82) is 0 Å². The maximum absolute atomic E-state index is 10.9. The fraction of sp³-hybridized carbons (Fsp3) is 0.167. The van der Waals surface area contributed by atoms with E-state index in [2.05, 4.69) is 0 Å². The summed E-state index contributed by atoms with van der Waals surface area (Å²) in [5.74, 6) is 0. The van der Waals surface area contributed by atoms with E-state index in [9.17, 15) is 15.2 Å². The minimum absolute atomic E-state index is 0.106. The Morgan fingerprint density at radius 3 is 2.88 bits per heavy atom. The standard InChI is InChI=1S/C12H9NO3/c14-11-6-7-2-1-3-8-10(13(15)16)5-4-9(11)12(7)8/h1-5,11,14H,6H2. The third-order valence-corrected chi connectivity index (χ3v) is 3.11. The van der Waals surface area contributed by atoms with Crippen molar-refractivity contribution in [2.24, 2.45) is 0 Å². The van der Waals surface area contributed by atoms with Crippen molar-refractivity contribution in [1.82, 2.24) is 0 Å². The van der Waals surface area contributed by atoms with Crippen molar-refractivity contribution in [2.45, 2.75) is 12.5 Å². The van der Waals surface area contributed by atoms with Gasteiger partial charge < -0.3 is 5.11 Å². The lowest BCUT2D eigenvalue weighted by Crippen LogP contribution is -1.93. The molecule has 3 rings (SSSR count). The van der Waals surface area contributed by atoms with E-state index in [0.717, 1.165) is 16.5 Å². The lowest BCUT2D eigenvalue weighted by molar-refractivity contribution is -0.383. The van der Waals surface area contributed by atoms with Crippen LogP contribution in [0.2, 0.25) is 0 Å². The highest BCUT2D eigenvalue weighted by molar-refractivity contribution is 5.97. The molecule has 0 aromatic heterocycles. The second-order valence-corrected chi connectivity index (χ2v) is 3.99. The first kappa shape index (κ1) is 9.30. The predicted molar refractivity (Wildman–Crippen MR) is 59.3 cm³/mol. The van der Waals surface area contributed by atoms with E-state index in [0.29, 0.717) is 11.8 Å². The van der Waals surface area contributed by atoms with Gasteiger partial charge in [-0.25, -0.2) is 0 Å². The highest BCUT2D eigenvalue weighted by Gasteiger charge is 2.25. The van der Waals surface area contributed by atoms with Crippen LogP contribution in [0.25, 0.3) is 10.8 Å². The van der Waals surface area contributed by atoms with Gasteiger partial charge >= 0.3 is 0 Å². The third-order valence-electron chi connectivity index (χ3n) is 3.11. The number of non-ortho nitro benzene ring substituents is 1. The topological polar surface area (TPSA) is 63.4 Å². The average Bonchev–Trinajstić information content (AvgIpc) is 2.58. The molecule has 0 radical (unpaired) electrons. The molecule has 4 nitrogen and oxygen atoms in total. The summed E-state index contributed by atoms with van der Waals surface area (Å²) in [5.41, 5.74) is 1.90. The SMILES string of the molecule is O=[N+]([O-])c1ccc2c3c(cccc13)CC2O. The summed E-state index contributed by atoms with van der Waals surface area (Å²) in [4.78, 5) is 10.5. The maximum atomic E-state index is 10.9. The Labute approximate surface area is 91.3 Å². The Morgan fingerprint density at radius 1 is 1.31 bits per heavy atom. The van der Waals surface area contributed by atoms with E-state index in [-0.39, 0.29) is 10.6 Å². The van der Waals surface area contributed by atoms with E-state index >= 15 is 0 Å². The Kier molecular flexibility index (Phi) is 1.76. The van der Waals surface area contributed by atoms with Crippen LogP contribution in [0.15, 0.2) is 30.3 Å². The molecule has 0 saturated carbocycles. The van der Waals surface area contributed by atoms with Crippen LogP contribution in [0.4, 0.5) is 5.69 Å². The van der Waals surface area contributed by atoms with Crippen LogP contribution in [0.1, 0.15) is 17.2 Å². The second kappa shape index (κ2) is 3.02. The third kappa shape index (κ3) is 1.07. The van der Waals surface area contributed by atoms with Gasteiger partial charge in [0, 0.05) is 12.5 Å². The molecule has 0 amide bonds. The Morgan fingerprint density at radius 2 is 2.12 bits per heavy atom. The first-order valence-corrected chi connectivity index (χ1v) is 5.05. The number of benzene rings is 2. The average molecular weight is 215 g/mol. The van der Waals surface area contributed by atoms with Crippen molar-refractivity contribution in [3.05, 3.63) is 51.6 Å². The number of hydrogen-bond donors (Lipinski definition) is 1. The van der Waals surface area contributed by atoms with Crippen LogP contribution < -0.4 is 0 Å². The van der Waals surface area contributed by atoms with Gasteiger partial charge in [0.1, 0.15) is 0 Å². The molecule has 1 aliphatic rings. The normalized spacial score (nSPS) is 17.9. The molecule has 0 heterocycles. The Hall–Kier alpha value is -1.94. The van der Waals surface area contributed by atoms with Gasteiger partial charge in [0.05, 0.1) is 16.4 Å². The Balaban J connectivity index is 2.46. The van der Waals surface area contributed by atoms with Crippen molar-refractivity contribution < 1.29 is 10.0 Å². The van der Waals surface area contributed by atoms with E-state index in [1.54, 1.807) is 18.2 Å². The lowest BCUT2D eigenvalue weighted by atomic mass is 10.0. The summed E-state index contributed by atoms with van der Waals surface area (Å²) in [6.07, 6.45) is 0.0223. The molecule has 0 saturated heterocycles. The molecule has 1 N–H and O–H groups in total. The van der Waals surface area contributed by atoms with Crippen molar-refractivity contribution in [2.75, 3.05) is 0 Å². The number of aliphatic hydroxyl groups is 1. The maximum Gasteiger partial charge on any atom is 0.277 e. The van der Waals surface area contributed by atoms with Gasteiger partial charge in [-0.1, -0.05) is 12.1 Å². The zero-order chi connectivity index (χ0) is 11.3. The van der Waals surface area contributed by atoms with Crippen LogP contribution >= 0.6 is 0 Å². The summed E-state index contributed by atoms with van der Waals surface area (Å²) in [6, 6.07) is 8.56. The van der Waals surface area contributed by atoms with Crippen molar-refractivity contribution >= 4 is 16.5 Å². The number of rotatable bonds is 1. The summed E-state index contributed by atoms with van der Waals surface area (Å²) in [6.45, 7) is 0. The molecule has 0 spiro atoms. The first-order valence-electron chi connectivity index (χ1n) is 5.05. The van der Waals surface area contributed by atoms with Crippen LogP contribution in [0, 0.1) is 10.1 Å². The summed E-state index contributed by atoms with van der Waals surface area (Å²) < 4.78 is 0. The zero-order valence-corrected chi connectivity index (χ0v) is 8.38. The second-order valence-electron chi connectivity index (χ2n) is 3.99. The number of nitrogens with zero attached hydrogens (tertiary/aromatic N) is 1. The summed E-state index contributed by atoms with van der Waals surface area (Å²) >= 11 is 0. The molecule has 1 atom stereocenters. The number of aliphatic hydroxyl groups excluding tert-OH is 1. The van der Waals surface area contributed by atoms with Gasteiger partial charge in [-0.3, -0.25) is 10.1 Å². The number of nitro benzene ring substituents is 1. The molecule has 16 heavy (non-hydrogen) atoms. The fourth-order valence-corrected chi connectivity index (χ4v) is 2.42. The highest BCUT2D eigenvalue weighted by atomic mass is 16.6. The highest BCUT2D eigenvalue weighted by Crippen LogP contribution is 2.40. The van der Waals surface area contributed by atoms with Crippen LogP contribution in [-0.4, -0.2) is 10.0 Å². The fourth-order valence-electron chi connectivity index (χ4n) is 2.42. The van der Waals surface area contributed by atoms with Gasteiger partial charge in [-0.15, -0.1) is 0 Å². The van der Waals surface area contributed by atoms with Crippen LogP contribution in [0.3, 0.4) is 0 Å². The molecule has 1 aliphatic carbocycles. The molecule has 1 unspecified atom stereocenters. The molecular weight excluding hydrogens is 206 g/mol. The summed E-state index contributed by atoms with van der Waals surface area (Å²) in [5, 5.41) is 22.2. The molecule has 2 aromatic carbocycles. The van der Waals surface area contributed by atoms with E-state index in [1.165, 1.54) is 6.07 Å². The first-order chi connectivity index (χ1) is 7.68. The van der Waals surface area contributed by atoms with Gasteiger partial charge in [-0.05, 0) is 28.6 Å². The van der Waals surface area contributed by atoms with Crippen LogP contribution in [0.5, 0.6) is 0 Å². The quantitative estimate of drug-likeness (QED) is 0.586. The number of nitro groups is 1. The van der Waals surface area contributed by atoms with Gasteiger partial charge in [0.2, 0.25) is 0 Å². The Bertz CT molecular complexity index is 606. The molecular formula is C12H9NO3. The van der Waals surface area contributed by atoms with E-state index < -0.39 is 6.10 Å². The van der Waals surface area contributed by atoms with Crippen molar-refractivity contribution in [3.63, 3.8) is 0 Å². The minimum Gasteiger partial charge on any atom is -0.388 e. The van der Waals surface area contributed by atoms with E-state index in [1.807, 2.05) is 6.07 Å². The van der Waals surface area contributed by atoms with Crippen LogP contribution in [-0.2, 0) is 6.42 Å². The lowest BCUT2D eigenvalue weighted by Gasteiger charge is -2.03. The molecule has 0 aliphatic heterocycles. The predicted octanol–water partition coefficient (Wildman–Crippen LogP) is 2.34. The van der Waals surface area contributed by atoms with Gasteiger partial charge in [0.25, 0.3) is 5.69 Å². The molecule has 80 valence electrons. The molecule has 4 heteroatoms. The molecule has 0 bridgehead atoms. The van der Waals surface area contributed by atoms with Gasteiger partial charge in [-0.2, -0.15) is 0 Å². The zero-order valence-electron chi connectivity index (χ0n) is 8.38. The molecule has 2 aromatic rings. The molecule has 0 fully saturated rings. The summed E-state index contributed by atoms with van der Waals surface area (Å²) in [7, 11) is 0. The smallest absolute Gasteiger partial charge is 0.277 e. The van der Waals surface area contributed by atoms with Gasteiger partial charge in [0.15, 0.2) is 0 Å². The van der Waals surface area contributed by atoms with E-state index in [4.69, 9.17) is 0 Å². The number of hydrogen-bond acceptors (Lipinski definition) is 3. The minimum atomic E-state index is -0.527. The monoisotopic (exact) mass is 215 g/mol. The largest absolute Gasteiger partial charge is 0.388 e. The van der Waals surface area contributed by atoms with Crippen molar-refractivity contribution in [3.8, 4) is 0 Å².